The predicted molar refractivity (Wildman–Crippen MR) is 55.6 cm³/mol. The van der Waals surface area contributed by atoms with Crippen LogP contribution in [0.5, 0.6) is 0 Å². The van der Waals surface area contributed by atoms with E-state index < -0.39 is 17.5 Å². The lowest BCUT2D eigenvalue weighted by atomic mass is 10.2. The van der Waals surface area contributed by atoms with Crippen LogP contribution in [0, 0.1) is 28.5 Å². The summed E-state index contributed by atoms with van der Waals surface area (Å²) in [5.74, 6) is -1.97. The topological polar surface area (TPSA) is 109 Å². The number of rotatable bonds is 3. The van der Waals surface area contributed by atoms with E-state index in [1.807, 2.05) is 0 Å². The number of hydrazone groups is 1. The Morgan fingerprint density at radius 3 is 2.59 bits per heavy atom. The van der Waals surface area contributed by atoms with Crippen LogP contribution in [0.15, 0.2) is 23.3 Å². The third-order valence-electron chi connectivity index (χ3n) is 1.71. The average Bonchev–Trinajstić information content (AvgIpc) is 2.32. The number of carbonyl (C=O) groups is 1. The van der Waals surface area contributed by atoms with Crippen molar-refractivity contribution >= 4 is 17.4 Å². The molecule has 0 radical (unpaired) electrons. The van der Waals surface area contributed by atoms with Crippen molar-refractivity contribution in [2.45, 2.75) is 0 Å². The van der Waals surface area contributed by atoms with Crippen LogP contribution < -0.4 is 5.43 Å². The predicted octanol–water partition coefficient (Wildman–Crippen LogP) is 1.34. The molecular weight excluding hydrogens is 227 g/mol. The van der Waals surface area contributed by atoms with Crippen LogP contribution in [0.1, 0.15) is 10.4 Å². The summed E-state index contributed by atoms with van der Waals surface area (Å²) in [6.07, 6.45) is 0. The molecule has 0 aromatic heterocycles. The highest BCUT2D eigenvalue weighted by molar-refractivity contribution is 6.10. The van der Waals surface area contributed by atoms with E-state index in [0.717, 1.165) is 18.2 Å². The molecule has 2 N–H and O–H groups in total. The van der Waals surface area contributed by atoms with Gasteiger partial charge in [-0.2, -0.15) is 15.6 Å². The second-order valence-electron chi connectivity index (χ2n) is 2.80. The first-order chi connectivity index (χ1) is 8.08. The van der Waals surface area contributed by atoms with E-state index in [9.17, 15) is 9.18 Å². The molecule has 0 saturated carbocycles. The molecule has 0 aliphatic rings. The Hall–Kier alpha value is -2.93. The van der Waals surface area contributed by atoms with Gasteiger partial charge in [0.15, 0.2) is 0 Å². The maximum atomic E-state index is 13.2. The van der Waals surface area contributed by atoms with Gasteiger partial charge in [-0.25, -0.2) is 9.18 Å². The molecule has 17 heavy (non-hydrogen) atoms. The first-order valence-electron chi connectivity index (χ1n) is 4.25. The Balaban J connectivity index is 3.04. The lowest BCUT2D eigenvalue weighted by Gasteiger charge is -2.02. The fourth-order valence-corrected chi connectivity index (χ4v) is 0.935. The number of hydrogen-bond donors (Lipinski definition) is 2. The molecule has 0 amide bonds. The SMILES string of the molecule is N#CC(C#N)=NNc1cc(C(=O)O)ccc1F. The van der Waals surface area contributed by atoms with E-state index in [2.05, 4.69) is 10.5 Å². The highest BCUT2D eigenvalue weighted by Crippen LogP contribution is 2.16. The molecule has 1 aromatic rings. The molecule has 0 atom stereocenters. The Bertz CT molecular complexity index is 553. The van der Waals surface area contributed by atoms with E-state index in [1.165, 1.54) is 12.1 Å². The molecule has 0 unspecified atom stereocenters. The third-order valence-corrected chi connectivity index (χ3v) is 1.71. The lowest BCUT2D eigenvalue weighted by molar-refractivity contribution is 0.0697. The van der Waals surface area contributed by atoms with Gasteiger partial charge in [-0.15, -0.1) is 0 Å². The number of nitrogens with zero attached hydrogens (tertiary/aromatic N) is 3. The molecule has 0 bridgehead atoms. The summed E-state index contributed by atoms with van der Waals surface area (Å²) in [7, 11) is 0. The van der Waals surface area contributed by atoms with E-state index in [-0.39, 0.29) is 11.3 Å². The molecule has 0 spiro atoms. The summed E-state index contributed by atoms with van der Waals surface area (Å²) in [5, 5.41) is 28.8. The van der Waals surface area contributed by atoms with Crippen LogP contribution in [-0.2, 0) is 0 Å². The zero-order chi connectivity index (χ0) is 12.8. The number of carboxylic acids is 1. The Morgan fingerprint density at radius 1 is 1.41 bits per heavy atom. The van der Waals surface area contributed by atoms with Gasteiger partial charge >= 0.3 is 5.97 Å². The smallest absolute Gasteiger partial charge is 0.335 e. The average molecular weight is 232 g/mol. The largest absolute Gasteiger partial charge is 0.478 e. The first-order valence-corrected chi connectivity index (χ1v) is 4.25. The maximum absolute atomic E-state index is 13.2. The number of anilines is 1. The Morgan fingerprint density at radius 2 is 2.06 bits per heavy atom. The summed E-state index contributed by atoms with van der Waals surface area (Å²) in [4.78, 5) is 10.6. The summed E-state index contributed by atoms with van der Waals surface area (Å²) in [5.41, 5.74) is 1.25. The van der Waals surface area contributed by atoms with Crippen LogP contribution >= 0.6 is 0 Å². The minimum atomic E-state index is -1.22. The van der Waals surface area contributed by atoms with E-state index in [1.54, 1.807) is 0 Å². The van der Waals surface area contributed by atoms with Crippen LogP contribution in [0.25, 0.3) is 0 Å². The number of aromatic carboxylic acids is 1. The number of carboxylic acid groups (broad SMARTS) is 1. The second-order valence-corrected chi connectivity index (χ2v) is 2.80. The molecule has 0 aliphatic carbocycles. The van der Waals surface area contributed by atoms with Gasteiger partial charge in [0.2, 0.25) is 5.71 Å². The minimum absolute atomic E-state index is 0.139. The van der Waals surface area contributed by atoms with Crippen molar-refractivity contribution < 1.29 is 14.3 Å². The molecule has 0 saturated heterocycles. The number of nitrogens with one attached hydrogen (secondary N) is 1. The highest BCUT2D eigenvalue weighted by atomic mass is 19.1. The molecule has 6 nitrogen and oxygen atoms in total. The van der Waals surface area contributed by atoms with Gasteiger partial charge < -0.3 is 5.11 Å². The van der Waals surface area contributed by atoms with E-state index in [0.29, 0.717) is 0 Å². The van der Waals surface area contributed by atoms with Crippen LogP contribution in [0.3, 0.4) is 0 Å². The molecule has 0 aliphatic heterocycles. The standard InChI is InChI=1S/C10H5FN4O2/c11-8-2-1-6(10(16)17)3-9(8)15-14-7(4-12)5-13/h1-3,15H,(H,16,17). The third kappa shape index (κ3) is 3.01. The van der Waals surface area contributed by atoms with Crippen molar-refractivity contribution in [3.05, 3.63) is 29.6 Å². The minimum Gasteiger partial charge on any atom is -0.478 e. The normalized spacial score (nSPS) is 8.65. The maximum Gasteiger partial charge on any atom is 0.335 e. The van der Waals surface area contributed by atoms with Gasteiger partial charge in [-0.05, 0) is 18.2 Å². The zero-order valence-electron chi connectivity index (χ0n) is 8.31. The van der Waals surface area contributed by atoms with Gasteiger partial charge in [0, 0.05) is 0 Å². The van der Waals surface area contributed by atoms with Crippen molar-refractivity contribution in [2.24, 2.45) is 5.10 Å². The van der Waals surface area contributed by atoms with Crippen molar-refractivity contribution in [1.82, 2.24) is 0 Å². The molecule has 7 heteroatoms. The molecule has 0 fully saturated rings. The number of benzene rings is 1. The molecule has 0 heterocycles. The highest BCUT2D eigenvalue weighted by Gasteiger charge is 2.08. The second kappa shape index (κ2) is 5.24. The summed E-state index contributed by atoms with van der Waals surface area (Å²) in [6, 6.07) is 5.97. The number of halogens is 1. The lowest BCUT2D eigenvalue weighted by Crippen LogP contribution is -2.02. The van der Waals surface area contributed by atoms with Crippen molar-refractivity contribution in [2.75, 3.05) is 5.43 Å². The molecule has 1 aromatic carbocycles. The summed E-state index contributed by atoms with van der Waals surface area (Å²) in [6.45, 7) is 0. The van der Waals surface area contributed by atoms with Crippen LogP contribution in [-0.4, -0.2) is 16.8 Å². The van der Waals surface area contributed by atoms with Crippen LogP contribution in [0.4, 0.5) is 10.1 Å². The summed E-state index contributed by atoms with van der Waals surface area (Å²) < 4.78 is 13.2. The van der Waals surface area contributed by atoms with Gasteiger partial charge in [0.1, 0.15) is 18.0 Å². The molecular formula is C10H5FN4O2. The van der Waals surface area contributed by atoms with Gasteiger partial charge in [0.05, 0.1) is 11.3 Å². The first kappa shape index (κ1) is 12.1. The van der Waals surface area contributed by atoms with Crippen molar-refractivity contribution in [3.8, 4) is 12.1 Å². The van der Waals surface area contributed by atoms with Gasteiger partial charge in [-0.3, -0.25) is 5.43 Å². The fraction of sp³-hybridized carbons (Fsp3) is 0. The van der Waals surface area contributed by atoms with Crippen molar-refractivity contribution in [1.29, 1.82) is 10.5 Å². The van der Waals surface area contributed by atoms with E-state index in [4.69, 9.17) is 15.6 Å². The van der Waals surface area contributed by atoms with Crippen LogP contribution in [0.2, 0.25) is 0 Å². The molecule has 84 valence electrons. The van der Waals surface area contributed by atoms with Gasteiger partial charge in [-0.1, -0.05) is 0 Å². The number of hydrogen-bond acceptors (Lipinski definition) is 5. The Kier molecular flexibility index (Phi) is 3.74. The monoisotopic (exact) mass is 232 g/mol. The van der Waals surface area contributed by atoms with Gasteiger partial charge in [0.25, 0.3) is 0 Å². The quantitative estimate of drug-likeness (QED) is 0.603. The summed E-state index contributed by atoms with van der Waals surface area (Å²) >= 11 is 0. The fourth-order valence-electron chi connectivity index (χ4n) is 0.935. The van der Waals surface area contributed by atoms with Crippen molar-refractivity contribution in [3.63, 3.8) is 0 Å². The Labute approximate surface area is 95.2 Å². The zero-order valence-corrected chi connectivity index (χ0v) is 8.31. The molecule has 1 rings (SSSR count). The number of nitriles is 2. The van der Waals surface area contributed by atoms with E-state index >= 15 is 0 Å².